The number of carbonyl (C=O) groups excluding carboxylic acids is 1. The molecule has 1 atom stereocenters. The van der Waals surface area contributed by atoms with Gasteiger partial charge in [-0.05, 0) is 25.1 Å². The van der Waals surface area contributed by atoms with Crippen LogP contribution in [0.1, 0.15) is 6.92 Å². The van der Waals surface area contributed by atoms with Crippen LogP contribution in [0.4, 0.5) is 14.9 Å². The highest BCUT2D eigenvalue weighted by Crippen LogP contribution is 2.21. The lowest BCUT2D eigenvalue weighted by atomic mass is 10.3. The number of anilines is 1. The van der Waals surface area contributed by atoms with Crippen LogP contribution in [0.5, 0.6) is 11.6 Å². The van der Waals surface area contributed by atoms with Crippen molar-refractivity contribution < 1.29 is 18.7 Å². The van der Waals surface area contributed by atoms with Crippen molar-refractivity contribution >= 4 is 11.7 Å². The molecule has 1 aliphatic rings. The number of amides is 2. The van der Waals surface area contributed by atoms with Crippen molar-refractivity contribution in [1.29, 1.82) is 0 Å². The average molecular weight is 331 g/mol. The fourth-order valence-electron chi connectivity index (χ4n) is 2.37. The molecule has 0 saturated carbocycles. The van der Waals surface area contributed by atoms with Crippen molar-refractivity contribution in [1.82, 2.24) is 9.88 Å². The summed E-state index contributed by atoms with van der Waals surface area (Å²) in [5, 5.41) is 2.79. The zero-order chi connectivity index (χ0) is 16.9. The molecule has 3 rings (SSSR count). The Kier molecular flexibility index (Phi) is 4.90. The minimum absolute atomic E-state index is 0.0321. The van der Waals surface area contributed by atoms with Gasteiger partial charge in [-0.2, -0.15) is 0 Å². The molecule has 2 aromatic rings. The van der Waals surface area contributed by atoms with E-state index in [9.17, 15) is 9.18 Å². The fourth-order valence-corrected chi connectivity index (χ4v) is 2.37. The van der Waals surface area contributed by atoms with Crippen LogP contribution in [-0.4, -0.2) is 41.7 Å². The Bertz CT molecular complexity index is 708. The van der Waals surface area contributed by atoms with E-state index in [1.165, 1.54) is 18.3 Å². The summed E-state index contributed by atoms with van der Waals surface area (Å²) in [5.41, 5.74) is 0.561. The Hall–Kier alpha value is -2.67. The molecule has 1 aromatic heterocycles. The maximum absolute atomic E-state index is 13.1. The summed E-state index contributed by atoms with van der Waals surface area (Å²) in [7, 11) is 0. The van der Waals surface area contributed by atoms with Gasteiger partial charge < -0.3 is 19.7 Å². The van der Waals surface area contributed by atoms with E-state index in [1.54, 1.807) is 29.2 Å². The topological polar surface area (TPSA) is 63.7 Å². The molecule has 0 unspecified atom stereocenters. The summed E-state index contributed by atoms with van der Waals surface area (Å²) in [6.07, 6.45) is 1.53. The second-order valence-electron chi connectivity index (χ2n) is 5.50. The van der Waals surface area contributed by atoms with Gasteiger partial charge in [0.1, 0.15) is 11.6 Å². The lowest BCUT2D eigenvalue weighted by Gasteiger charge is -2.31. The zero-order valence-corrected chi connectivity index (χ0v) is 13.2. The first-order valence-corrected chi connectivity index (χ1v) is 7.67. The standard InChI is InChI=1S/C17H18FN3O3/c1-12-11-21(7-8-23-12)17(22)20-14-5-6-16(19-10-14)24-15-4-2-3-13(18)9-15/h2-6,9-10,12H,7-8,11H2,1H3,(H,20,22)/t12-/m1/s1. The molecule has 6 nitrogen and oxygen atoms in total. The second-order valence-corrected chi connectivity index (χ2v) is 5.50. The van der Waals surface area contributed by atoms with Crippen LogP contribution < -0.4 is 10.1 Å². The molecule has 0 spiro atoms. The highest BCUT2D eigenvalue weighted by atomic mass is 19.1. The number of benzene rings is 1. The molecule has 1 saturated heterocycles. The number of ether oxygens (including phenoxy) is 2. The van der Waals surface area contributed by atoms with Gasteiger partial charge in [0.15, 0.2) is 0 Å². The summed E-state index contributed by atoms with van der Waals surface area (Å²) >= 11 is 0. The summed E-state index contributed by atoms with van der Waals surface area (Å²) in [4.78, 5) is 18.0. The zero-order valence-electron chi connectivity index (χ0n) is 13.2. The number of carbonyl (C=O) groups is 1. The molecule has 0 radical (unpaired) electrons. The lowest BCUT2D eigenvalue weighted by molar-refractivity contribution is -0.00138. The smallest absolute Gasteiger partial charge is 0.322 e. The Morgan fingerprint density at radius 2 is 2.29 bits per heavy atom. The van der Waals surface area contributed by atoms with E-state index in [4.69, 9.17) is 9.47 Å². The normalized spacial score (nSPS) is 17.4. The van der Waals surface area contributed by atoms with E-state index < -0.39 is 0 Å². The lowest BCUT2D eigenvalue weighted by Crippen LogP contribution is -2.46. The van der Waals surface area contributed by atoms with Gasteiger partial charge in [0.25, 0.3) is 0 Å². The number of hydrogen-bond acceptors (Lipinski definition) is 4. The Balaban J connectivity index is 1.59. The van der Waals surface area contributed by atoms with Crippen LogP contribution >= 0.6 is 0 Å². The molecule has 7 heteroatoms. The fraction of sp³-hybridized carbons (Fsp3) is 0.294. The first-order chi connectivity index (χ1) is 11.6. The predicted molar refractivity (Wildman–Crippen MR) is 86.7 cm³/mol. The van der Waals surface area contributed by atoms with Crippen molar-refractivity contribution in [2.45, 2.75) is 13.0 Å². The largest absolute Gasteiger partial charge is 0.439 e. The van der Waals surface area contributed by atoms with Crippen molar-refractivity contribution in [2.24, 2.45) is 0 Å². The number of nitrogens with one attached hydrogen (secondary N) is 1. The molecular formula is C17H18FN3O3. The maximum atomic E-state index is 13.1. The molecule has 2 heterocycles. The quantitative estimate of drug-likeness (QED) is 0.937. The number of morpholine rings is 1. The van der Waals surface area contributed by atoms with E-state index in [0.29, 0.717) is 37.0 Å². The Morgan fingerprint density at radius 3 is 3.00 bits per heavy atom. The van der Waals surface area contributed by atoms with E-state index >= 15 is 0 Å². The van der Waals surface area contributed by atoms with Crippen molar-refractivity contribution in [3.05, 3.63) is 48.4 Å². The number of nitrogens with zero attached hydrogens (tertiary/aromatic N) is 2. The van der Waals surface area contributed by atoms with E-state index in [2.05, 4.69) is 10.3 Å². The number of halogens is 1. The van der Waals surface area contributed by atoms with Gasteiger partial charge in [-0.25, -0.2) is 14.2 Å². The number of pyridine rings is 1. The van der Waals surface area contributed by atoms with Gasteiger partial charge in [-0.1, -0.05) is 6.07 Å². The van der Waals surface area contributed by atoms with Crippen LogP contribution in [0.25, 0.3) is 0 Å². The molecule has 24 heavy (non-hydrogen) atoms. The Morgan fingerprint density at radius 1 is 1.42 bits per heavy atom. The summed E-state index contributed by atoms with van der Waals surface area (Å²) in [5.74, 6) is 0.302. The number of urea groups is 1. The van der Waals surface area contributed by atoms with Crippen molar-refractivity contribution in [3.63, 3.8) is 0 Å². The first kappa shape index (κ1) is 16.2. The molecule has 1 N–H and O–H groups in total. The monoisotopic (exact) mass is 331 g/mol. The molecule has 126 valence electrons. The van der Waals surface area contributed by atoms with Crippen LogP contribution in [0.2, 0.25) is 0 Å². The minimum atomic E-state index is -0.379. The van der Waals surface area contributed by atoms with Crippen molar-refractivity contribution in [2.75, 3.05) is 25.0 Å². The molecule has 1 aliphatic heterocycles. The van der Waals surface area contributed by atoms with Crippen LogP contribution in [0.3, 0.4) is 0 Å². The van der Waals surface area contributed by atoms with Crippen molar-refractivity contribution in [3.8, 4) is 11.6 Å². The third-order valence-corrected chi connectivity index (χ3v) is 3.53. The molecule has 0 aliphatic carbocycles. The minimum Gasteiger partial charge on any atom is -0.439 e. The number of rotatable bonds is 3. The molecule has 2 amide bonds. The van der Waals surface area contributed by atoms with Crippen LogP contribution in [0.15, 0.2) is 42.6 Å². The second kappa shape index (κ2) is 7.27. The van der Waals surface area contributed by atoms with Gasteiger partial charge in [-0.15, -0.1) is 0 Å². The van der Waals surface area contributed by atoms with E-state index in [0.717, 1.165) is 0 Å². The third-order valence-electron chi connectivity index (χ3n) is 3.53. The summed E-state index contributed by atoms with van der Waals surface area (Å²) in [6, 6.07) is 8.92. The first-order valence-electron chi connectivity index (χ1n) is 7.67. The Labute approximate surface area is 139 Å². The number of aromatic nitrogens is 1. The van der Waals surface area contributed by atoms with Crippen LogP contribution in [-0.2, 0) is 4.74 Å². The third kappa shape index (κ3) is 4.20. The maximum Gasteiger partial charge on any atom is 0.322 e. The van der Waals surface area contributed by atoms with Gasteiger partial charge in [0, 0.05) is 25.2 Å². The molecule has 0 bridgehead atoms. The van der Waals surface area contributed by atoms with Gasteiger partial charge in [-0.3, -0.25) is 0 Å². The average Bonchev–Trinajstić information content (AvgIpc) is 2.57. The number of hydrogen-bond donors (Lipinski definition) is 1. The molecule has 1 fully saturated rings. The van der Waals surface area contributed by atoms with E-state index in [-0.39, 0.29) is 18.0 Å². The van der Waals surface area contributed by atoms with Gasteiger partial charge >= 0.3 is 6.03 Å². The molecule has 1 aromatic carbocycles. The van der Waals surface area contributed by atoms with E-state index in [1.807, 2.05) is 6.92 Å². The van der Waals surface area contributed by atoms with Crippen LogP contribution in [0, 0.1) is 5.82 Å². The predicted octanol–water partition coefficient (Wildman–Crippen LogP) is 3.27. The summed E-state index contributed by atoms with van der Waals surface area (Å²) in [6.45, 7) is 3.58. The molecular weight excluding hydrogens is 313 g/mol. The van der Waals surface area contributed by atoms with Gasteiger partial charge in [0.2, 0.25) is 5.88 Å². The summed E-state index contributed by atoms with van der Waals surface area (Å²) < 4.78 is 24.0. The highest BCUT2D eigenvalue weighted by Gasteiger charge is 2.21. The highest BCUT2D eigenvalue weighted by molar-refractivity contribution is 5.89. The SMILES string of the molecule is C[C@@H]1CN(C(=O)Nc2ccc(Oc3cccc(F)c3)nc2)CCO1. The van der Waals surface area contributed by atoms with Gasteiger partial charge in [0.05, 0.1) is 24.6 Å².